The summed E-state index contributed by atoms with van der Waals surface area (Å²) >= 11 is 1.36. The summed E-state index contributed by atoms with van der Waals surface area (Å²) in [6, 6.07) is 8.94. The lowest BCUT2D eigenvalue weighted by Crippen LogP contribution is -2.44. The number of imidazole rings is 1. The zero-order valence-electron chi connectivity index (χ0n) is 19.9. The van der Waals surface area contributed by atoms with Crippen LogP contribution in [-0.2, 0) is 9.53 Å². The molecule has 0 aliphatic carbocycles. The molecule has 5 heterocycles. The van der Waals surface area contributed by atoms with Gasteiger partial charge in [-0.1, -0.05) is 6.07 Å². The summed E-state index contributed by atoms with van der Waals surface area (Å²) in [5.41, 5.74) is 3.24. The van der Waals surface area contributed by atoms with Crippen molar-refractivity contribution in [2.24, 2.45) is 4.99 Å². The van der Waals surface area contributed by atoms with E-state index in [-0.39, 0.29) is 11.7 Å². The number of thioether (sulfide) groups is 1. The van der Waals surface area contributed by atoms with Crippen LogP contribution in [0.2, 0.25) is 0 Å². The molecule has 0 radical (unpaired) electrons. The van der Waals surface area contributed by atoms with Gasteiger partial charge in [0.1, 0.15) is 5.82 Å². The van der Waals surface area contributed by atoms with Crippen LogP contribution < -0.4 is 4.90 Å². The minimum absolute atomic E-state index is 0.258. The van der Waals surface area contributed by atoms with E-state index in [1.54, 1.807) is 22.9 Å². The van der Waals surface area contributed by atoms with Gasteiger partial charge in [0.15, 0.2) is 10.8 Å². The number of carbonyl (C=O) groups is 1. The van der Waals surface area contributed by atoms with Crippen molar-refractivity contribution in [3.05, 3.63) is 52.9 Å². The predicted octanol–water partition coefficient (Wildman–Crippen LogP) is 2.59. The number of aliphatic imine (C=N–C) groups is 1. The van der Waals surface area contributed by atoms with Gasteiger partial charge in [0.25, 0.3) is 5.91 Å². The largest absolute Gasteiger partial charge is 0.378 e. The van der Waals surface area contributed by atoms with Gasteiger partial charge >= 0.3 is 0 Å². The monoisotopic (exact) mass is 507 g/mol. The van der Waals surface area contributed by atoms with E-state index in [1.165, 1.54) is 11.8 Å². The summed E-state index contributed by atoms with van der Waals surface area (Å²) < 4.78 is 22.2. The van der Waals surface area contributed by atoms with Gasteiger partial charge in [0, 0.05) is 44.8 Å². The van der Waals surface area contributed by atoms with Crippen LogP contribution in [0.25, 0.3) is 23.0 Å². The summed E-state index contributed by atoms with van der Waals surface area (Å²) in [5.74, 6) is -0.526. The summed E-state index contributed by atoms with van der Waals surface area (Å²) in [6.07, 6.45) is 3.43. The average Bonchev–Trinajstić information content (AvgIpc) is 3.48. The molecule has 0 spiro atoms. The lowest BCUT2D eigenvalue weighted by molar-refractivity contribution is -0.113. The Morgan fingerprint density at radius 2 is 1.83 bits per heavy atom. The summed E-state index contributed by atoms with van der Waals surface area (Å²) in [5, 5.41) is 5.39. The number of fused-ring (bicyclic) bond motifs is 1. The van der Waals surface area contributed by atoms with Crippen molar-refractivity contribution in [1.29, 1.82) is 0 Å². The molecule has 3 aliphatic heterocycles. The molecule has 11 heteroatoms. The molecule has 0 bridgehead atoms. The molecule has 2 fully saturated rings. The summed E-state index contributed by atoms with van der Waals surface area (Å²) in [4.78, 5) is 28.1. The topological polar surface area (TPSA) is 78.6 Å². The van der Waals surface area contributed by atoms with Crippen LogP contribution in [0.1, 0.15) is 5.69 Å². The highest BCUT2D eigenvalue weighted by Gasteiger charge is 2.27. The van der Waals surface area contributed by atoms with Gasteiger partial charge in [-0.3, -0.25) is 4.79 Å². The number of anilines is 1. The minimum Gasteiger partial charge on any atom is -0.378 e. The third-order valence-corrected chi connectivity index (χ3v) is 7.68. The number of carbonyl (C=O) groups excluding carboxylic acids is 1. The van der Waals surface area contributed by atoms with E-state index in [1.807, 2.05) is 24.3 Å². The quantitative estimate of drug-likeness (QED) is 0.501. The normalized spacial score (nSPS) is 20.6. The van der Waals surface area contributed by atoms with Crippen molar-refractivity contribution >= 4 is 40.2 Å². The van der Waals surface area contributed by atoms with E-state index in [0.717, 1.165) is 39.3 Å². The van der Waals surface area contributed by atoms with Crippen molar-refractivity contribution in [1.82, 2.24) is 24.4 Å². The third-order valence-electron chi connectivity index (χ3n) is 6.64. The molecule has 0 saturated carbocycles. The molecule has 186 valence electrons. The first kappa shape index (κ1) is 23.1. The van der Waals surface area contributed by atoms with Gasteiger partial charge in [-0.25, -0.2) is 13.9 Å². The molecule has 36 heavy (non-hydrogen) atoms. The molecule has 2 aromatic heterocycles. The Morgan fingerprint density at radius 3 is 2.61 bits per heavy atom. The standard InChI is InChI=1S/C25H26FN7O2S/c1-30-6-8-31(9-7-30)20-4-2-17(14-19(20)26)21-16-27-23-5-3-18(29-33(21)23)15-22-24(34)28-25(36-22)32-10-12-35-13-11-32/h2-5,14-16H,6-13H2,1H3/b22-15-. The lowest BCUT2D eigenvalue weighted by Gasteiger charge is -2.34. The fraction of sp³-hybridized carbons (Fsp3) is 0.360. The Balaban J connectivity index is 1.25. The molecule has 0 unspecified atom stereocenters. The fourth-order valence-corrected chi connectivity index (χ4v) is 5.50. The first-order valence-corrected chi connectivity index (χ1v) is 12.8. The summed E-state index contributed by atoms with van der Waals surface area (Å²) in [7, 11) is 2.08. The van der Waals surface area contributed by atoms with Crippen LogP contribution in [0.4, 0.5) is 10.1 Å². The number of aromatic nitrogens is 3. The number of hydrogen-bond acceptors (Lipinski definition) is 8. The number of halogens is 1. The molecule has 9 nitrogen and oxygen atoms in total. The highest BCUT2D eigenvalue weighted by atomic mass is 32.2. The van der Waals surface area contributed by atoms with Crippen molar-refractivity contribution in [2.45, 2.75) is 0 Å². The highest BCUT2D eigenvalue weighted by Crippen LogP contribution is 2.31. The van der Waals surface area contributed by atoms with E-state index in [4.69, 9.17) is 4.74 Å². The molecular weight excluding hydrogens is 481 g/mol. The van der Waals surface area contributed by atoms with Crippen molar-refractivity contribution in [3.8, 4) is 11.3 Å². The second-order valence-corrected chi connectivity index (χ2v) is 10.0. The van der Waals surface area contributed by atoms with Crippen LogP contribution in [-0.4, -0.2) is 95.0 Å². The van der Waals surface area contributed by atoms with Crippen LogP contribution in [0.5, 0.6) is 0 Å². The van der Waals surface area contributed by atoms with E-state index in [2.05, 4.69) is 36.8 Å². The molecule has 2 saturated heterocycles. The molecule has 0 N–H and O–H groups in total. The highest BCUT2D eigenvalue weighted by molar-refractivity contribution is 8.18. The first-order valence-electron chi connectivity index (χ1n) is 12.0. The second-order valence-electron chi connectivity index (χ2n) is 9.04. The Bertz CT molecular complexity index is 1370. The zero-order valence-corrected chi connectivity index (χ0v) is 20.7. The van der Waals surface area contributed by atoms with E-state index in [0.29, 0.717) is 51.6 Å². The maximum atomic E-state index is 15.1. The first-order chi connectivity index (χ1) is 17.5. The molecule has 3 aliphatic rings. The van der Waals surface area contributed by atoms with Gasteiger partial charge in [0.05, 0.1) is 41.4 Å². The molecule has 1 aromatic carbocycles. The van der Waals surface area contributed by atoms with E-state index < -0.39 is 0 Å². The Morgan fingerprint density at radius 1 is 1.03 bits per heavy atom. The molecular formula is C25H26FN7O2S. The number of hydrogen-bond donors (Lipinski definition) is 0. The van der Waals surface area contributed by atoms with Crippen molar-refractivity contribution in [2.75, 3.05) is 64.4 Å². The maximum absolute atomic E-state index is 15.1. The number of morpholine rings is 1. The van der Waals surface area contributed by atoms with E-state index in [9.17, 15) is 4.79 Å². The predicted molar refractivity (Wildman–Crippen MR) is 138 cm³/mol. The Hall–Kier alpha value is -3.28. The van der Waals surface area contributed by atoms with E-state index >= 15 is 4.39 Å². The molecule has 6 rings (SSSR count). The number of amidine groups is 1. The third kappa shape index (κ3) is 4.49. The minimum atomic E-state index is -0.268. The zero-order chi connectivity index (χ0) is 24.6. The van der Waals surface area contributed by atoms with Crippen LogP contribution in [0.15, 0.2) is 46.4 Å². The number of nitrogens with zero attached hydrogens (tertiary/aromatic N) is 7. The number of rotatable bonds is 3. The van der Waals surface area contributed by atoms with Crippen molar-refractivity contribution < 1.29 is 13.9 Å². The molecule has 1 amide bonds. The van der Waals surface area contributed by atoms with Gasteiger partial charge in [0.2, 0.25) is 0 Å². The number of benzene rings is 1. The number of amides is 1. The second kappa shape index (κ2) is 9.64. The van der Waals surface area contributed by atoms with Gasteiger partial charge < -0.3 is 19.4 Å². The number of piperazine rings is 1. The Labute approximate surface area is 212 Å². The Kier molecular flexibility index (Phi) is 6.20. The van der Waals surface area contributed by atoms with Gasteiger partial charge in [-0.15, -0.1) is 0 Å². The average molecular weight is 508 g/mol. The lowest BCUT2D eigenvalue weighted by atomic mass is 10.1. The smallest absolute Gasteiger partial charge is 0.286 e. The number of likely N-dealkylation sites (N-methyl/N-ethyl adjacent to an activating group) is 1. The van der Waals surface area contributed by atoms with Crippen molar-refractivity contribution in [3.63, 3.8) is 0 Å². The van der Waals surface area contributed by atoms with Crippen LogP contribution in [0, 0.1) is 5.82 Å². The molecule has 3 aromatic rings. The fourth-order valence-electron chi connectivity index (χ4n) is 4.55. The van der Waals surface area contributed by atoms with Gasteiger partial charge in [-0.2, -0.15) is 10.1 Å². The number of ether oxygens (including phenoxy) is 1. The van der Waals surface area contributed by atoms with Crippen LogP contribution in [0.3, 0.4) is 0 Å². The molecule has 0 atom stereocenters. The summed E-state index contributed by atoms with van der Waals surface area (Å²) in [6.45, 7) is 6.13. The maximum Gasteiger partial charge on any atom is 0.286 e. The van der Waals surface area contributed by atoms with Crippen LogP contribution >= 0.6 is 11.8 Å². The SMILES string of the molecule is CN1CCN(c2ccc(-c3cnc4ccc(/C=C5\SC(N6CCOCC6)=NC5=O)nn34)cc2F)CC1. The van der Waals surface area contributed by atoms with Gasteiger partial charge in [-0.05, 0) is 49.2 Å².